The molecule has 7 heteroatoms. The third kappa shape index (κ3) is 4.69. The van der Waals surface area contributed by atoms with Crippen LogP contribution < -0.4 is 0 Å². The van der Waals surface area contributed by atoms with Gasteiger partial charge in [0.25, 0.3) is 0 Å². The van der Waals surface area contributed by atoms with E-state index in [1.165, 1.54) is 0 Å². The second-order valence-electron chi connectivity index (χ2n) is 2.79. The maximum absolute atomic E-state index is 11.8. The fourth-order valence-corrected chi connectivity index (χ4v) is 0.917. The zero-order chi connectivity index (χ0) is 11.4. The Morgan fingerprint density at radius 2 is 1.29 bits per heavy atom. The standard InChI is InChI=1S/C7H11F6N/c1-2-3-4-5-14(6(8,9)10)7(11,12)13/h2-5H2,1H3. The van der Waals surface area contributed by atoms with Crippen LogP contribution in [0.3, 0.4) is 0 Å². The van der Waals surface area contributed by atoms with Crippen molar-refractivity contribution < 1.29 is 26.3 Å². The summed E-state index contributed by atoms with van der Waals surface area (Å²) < 4.78 is 71.1. The van der Waals surface area contributed by atoms with Crippen molar-refractivity contribution in [2.45, 2.75) is 38.8 Å². The van der Waals surface area contributed by atoms with E-state index in [9.17, 15) is 26.3 Å². The summed E-state index contributed by atoms with van der Waals surface area (Å²) in [4.78, 5) is -1.39. The third-order valence-electron chi connectivity index (χ3n) is 1.60. The van der Waals surface area contributed by atoms with Crippen molar-refractivity contribution in [3.8, 4) is 0 Å². The van der Waals surface area contributed by atoms with E-state index in [0.717, 1.165) is 0 Å². The van der Waals surface area contributed by atoms with Gasteiger partial charge < -0.3 is 0 Å². The lowest BCUT2D eigenvalue weighted by molar-refractivity contribution is -0.372. The lowest BCUT2D eigenvalue weighted by Gasteiger charge is -2.26. The molecule has 1 nitrogen and oxygen atoms in total. The molecule has 0 bridgehead atoms. The van der Waals surface area contributed by atoms with E-state index in [4.69, 9.17) is 0 Å². The predicted molar refractivity (Wildman–Crippen MR) is 38.3 cm³/mol. The van der Waals surface area contributed by atoms with Crippen LogP contribution in [-0.4, -0.2) is 24.0 Å². The van der Waals surface area contributed by atoms with E-state index < -0.39 is 24.0 Å². The molecule has 0 saturated carbocycles. The quantitative estimate of drug-likeness (QED) is 0.400. The number of unbranched alkanes of at least 4 members (excludes halogenated alkanes) is 2. The molecule has 0 rings (SSSR count). The van der Waals surface area contributed by atoms with E-state index in [1.807, 2.05) is 0 Å². The monoisotopic (exact) mass is 223 g/mol. The van der Waals surface area contributed by atoms with E-state index in [2.05, 4.69) is 0 Å². The molecular weight excluding hydrogens is 212 g/mol. The highest BCUT2D eigenvalue weighted by Gasteiger charge is 2.53. The second-order valence-corrected chi connectivity index (χ2v) is 2.79. The average Bonchev–Trinajstić information content (AvgIpc) is 1.92. The first kappa shape index (κ1) is 13.5. The molecule has 0 saturated heterocycles. The molecule has 0 radical (unpaired) electrons. The van der Waals surface area contributed by atoms with Gasteiger partial charge in [0.2, 0.25) is 0 Å². The van der Waals surface area contributed by atoms with Crippen molar-refractivity contribution in [1.29, 1.82) is 0 Å². The van der Waals surface area contributed by atoms with Gasteiger partial charge in [-0.2, -0.15) is 26.3 Å². The van der Waals surface area contributed by atoms with Gasteiger partial charge in [0, 0.05) is 6.54 Å². The van der Waals surface area contributed by atoms with Gasteiger partial charge in [-0.15, -0.1) is 4.90 Å². The summed E-state index contributed by atoms with van der Waals surface area (Å²) in [6.45, 7) is 0.673. The van der Waals surface area contributed by atoms with Gasteiger partial charge >= 0.3 is 12.6 Å². The predicted octanol–water partition coefficient (Wildman–Crippen LogP) is 3.52. The number of hydrogen-bond donors (Lipinski definition) is 0. The topological polar surface area (TPSA) is 3.24 Å². The minimum atomic E-state index is -5.34. The zero-order valence-electron chi connectivity index (χ0n) is 7.54. The summed E-state index contributed by atoms with van der Waals surface area (Å²) >= 11 is 0. The van der Waals surface area contributed by atoms with E-state index in [0.29, 0.717) is 12.8 Å². The number of halogens is 6. The lowest BCUT2D eigenvalue weighted by atomic mass is 10.2. The SMILES string of the molecule is CCCCCN(C(F)(F)F)C(F)(F)F. The summed E-state index contributed by atoms with van der Waals surface area (Å²) in [7, 11) is 0. The minimum Gasteiger partial charge on any atom is -0.155 e. The Hall–Kier alpha value is -0.460. The molecule has 0 aromatic rings. The first-order valence-electron chi connectivity index (χ1n) is 4.10. The second kappa shape index (κ2) is 4.86. The molecule has 0 fully saturated rings. The van der Waals surface area contributed by atoms with Crippen LogP contribution in [0.5, 0.6) is 0 Å². The maximum Gasteiger partial charge on any atom is 0.467 e. The van der Waals surface area contributed by atoms with Gasteiger partial charge in [-0.3, -0.25) is 0 Å². The average molecular weight is 223 g/mol. The Kier molecular flexibility index (Phi) is 4.70. The summed E-state index contributed by atoms with van der Waals surface area (Å²) in [6.07, 6.45) is -9.88. The van der Waals surface area contributed by atoms with Gasteiger partial charge in [-0.25, -0.2) is 0 Å². The van der Waals surface area contributed by atoms with Crippen LogP contribution in [0.15, 0.2) is 0 Å². The smallest absolute Gasteiger partial charge is 0.155 e. The Labute approximate surface area is 77.7 Å². The Bertz CT molecular complexity index is 147. The van der Waals surface area contributed by atoms with Crippen LogP contribution in [0.4, 0.5) is 26.3 Å². The van der Waals surface area contributed by atoms with Crippen molar-refractivity contribution >= 4 is 0 Å². The number of rotatable bonds is 4. The van der Waals surface area contributed by atoms with Gasteiger partial charge in [-0.05, 0) is 6.42 Å². The molecule has 0 aliphatic heterocycles. The summed E-state index contributed by atoms with van der Waals surface area (Å²) in [5.41, 5.74) is 0. The highest BCUT2D eigenvalue weighted by molar-refractivity contribution is 4.63. The molecule has 0 aliphatic rings. The molecule has 0 N–H and O–H groups in total. The van der Waals surface area contributed by atoms with Gasteiger partial charge in [0.15, 0.2) is 0 Å². The lowest BCUT2D eigenvalue weighted by Crippen LogP contribution is -2.48. The molecule has 0 amide bonds. The highest BCUT2D eigenvalue weighted by atomic mass is 19.4. The molecule has 86 valence electrons. The highest BCUT2D eigenvalue weighted by Crippen LogP contribution is 2.33. The van der Waals surface area contributed by atoms with Crippen LogP contribution in [0, 0.1) is 0 Å². The number of alkyl halides is 6. The van der Waals surface area contributed by atoms with Crippen molar-refractivity contribution in [2.24, 2.45) is 0 Å². The first-order valence-corrected chi connectivity index (χ1v) is 4.10. The Balaban J connectivity index is 4.28. The maximum atomic E-state index is 11.8. The number of hydrogen-bond acceptors (Lipinski definition) is 1. The largest absolute Gasteiger partial charge is 0.467 e. The van der Waals surface area contributed by atoms with Gasteiger partial charge in [0.1, 0.15) is 0 Å². The zero-order valence-corrected chi connectivity index (χ0v) is 7.54. The minimum absolute atomic E-state index is 0.116. The molecule has 0 unspecified atom stereocenters. The first-order chi connectivity index (χ1) is 6.19. The number of nitrogens with zero attached hydrogens (tertiary/aromatic N) is 1. The summed E-state index contributed by atoms with van der Waals surface area (Å²) in [5, 5.41) is 0. The van der Waals surface area contributed by atoms with Crippen molar-refractivity contribution in [2.75, 3.05) is 6.54 Å². The van der Waals surface area contributed by atoms with E-state index in [-0.39, 0.29) is 6.42 Å². The van der Waals surface area contributed by atoms with Crippen LogP contribution in [0.1, 0.15) is 26.2 Å². The van der Waals surface area contributed by atoms with Crippen LogP contribution >= 0.6 is 0 Å². The fraction of sp³-hybridized carbons (Fsp3) is 1.00. The Morgan fingerprint density at radius 1 is 0.857 bits per heavy atom. The molecule has 0 aliphatic carbocycles. The summed E-state index contributed by atoms with van der Waals surface area (Å²) in [6, 6.07) is 0. The molecule has 0 atom stereocenters. The van der Waals surface area contributed by atoms with Crippen molar-refractivity contribution in [3.05, 3.63) is 0 Å². The molecule has 0 aromatic carbocycles. The van der Waals surface area contributed by atoms with Crippen molar-refractivity contribution in [3.63, 3.8) is 0 Å². The van der Waals surface area contributed by atoms with Crippen LogP contribution in [-0.2, 0) is 0 Å². The molecule has 0 heterocycles. The van der Waals surface area contributed by atoms with Gasteiger partial charge in [-0.1, -0.05) is 19.8 Å². The third-order valence-corrected chi connectivity index (χ3v) is 1.60. The van der Waals surface area contributed by atoms with E-state index in [1.54, 1.807) is 6.92 Å². The molecule has 0 spiro atoms. The Morgan fingerprint density at radius 3 is 1.57 bits per heavy atom. The summed E-state index contributed by atoms with van der Waals surface area (Å²) in [5.74, 6) is 0. The molecule has 14 heavy (non-hydrogen) atoms. The molecule has 0 aromatic heterocycles. The van der Waals surface area contributed by atoms with Crippen LogP contribution in [0.25, 0.3) is 0 Å². The van der Waals surface area contributed by atoms with Crippen LogP contribution in [0.2, 0.25) is 0 Å². The van der Waals surface area contributed by atoms with E-state index >= 15 is 0 Å². The van der Waals surface area contributed by atoms with Crippen molar-refractivity contribution in [1.82, 2.24) is 4.90 Å². The normalized spacial score (nSPS) is 13.7. The molecular formula is C7H11F6N. The fourth-order valence-electron chi connectivity index (χ4n) is 0.917. The van der Waals surface area contributed by atoms with Gasteiger partial charge in [0.05, 0.1) is 0 Å².